The van der Waals surface area contributed by atoms with Crippen molar-refractivity contribution in [3.63, 3.8) is 0 Å². The van der Waals surface area contributed by atoms with Crippen LogP contribution in [0.5, 0.6) is 5.75 Å². The molecule has 2 unspecified atom stereocenters. The Balaban J connectivity index is 1.95. The molecule has 1 heterocycles. The first kappa shape index (κ1) is 14.9. The van der Waals surface area contributed by atoms with Crippen LogP contribution in [-0.4, -0.2) is 37.6 Å². The lowest BCUT2D eigenvalue weighted by atomic mass is 10.1. The lowest BCUT2D eigenvalue weighted by molar-refractivity contribution is -0.132. The molecule has 2 rings (SSSR count). The van der Waals surface area contributed by atoms with Crippen molar-refractivity contribution in [2.24, 2.45) is 0 Å². The van der Waals surface area contributed by atoms with Crippen LogP contribution in [-0.2, 0) is 4.79 Å². The molecule has 4 heteroatoms. The molecule has 1 saturated heterocycles. The molecule has 1 aliphatic rings. The number of hydrogen-bond donors (Lipinski definition) is 1. The first-order valence-electron chi connectivity index (χ1n) is 7.25. The van der Waals surface area contributed by atoms with Crippen molar-refractivity contribution < 1.29 is 9.53 Å². The Bertz CT molecular complexity index is 438. The number of hydrogen-bond acceptors (Lipinski definition) is 3. The highest BCUT2D eigenvalue weighted by molar-refractivity contribution is 5.77. The Morgan fingerprint density at radius 2 is 2.15 bits per heavy atom. The Morgan fingerprint density at radius 1 is 1.45 bits per heavy atom. The molecule has 1 fully saturated rings. The van der Waals surface area contributed by atoms with E-state index >= 15 is 0 Å². The minimum atomic E-state index is 0.0785. The van der Waals surface area contributed by atoms with Crippen molar-refractivity contribution in [1.82, 2.24) is 10.2 Å². The summed E-state index contributed by atoms with van der Waals surface area (Å²) in [7, 11) is 3.54. The van der Waals surface area contributed by atoms with E-state index in [1.807, 2.05) is 36.2 Å². The van der Waals surface area contributed by atoms with Gasteiger partial charge in [0.1, 0.15) is 5.75 Å². The highest BCUT2D eigenvalue weighted by Crippen LogP contribution is 2.23. The normalized spacial score (nSPS) is 19.6. The standard InChI is InChI=1S/C16H24N2O2/c1-12(13-6-8-15(20-3)9-7-13)18(2)16(19)11-14-5-4-10-17-14/h6-9,12,14,17H,4-5,10-11H2,1-3H3. The second-order valence-corrected chi connectivity index (χ2v) is 5.45. The molecule has 4 nitrogen and oxygen atoms in total. The summed E-state index contributed by atoms with van der Waals surface area (Å²) in [5.74, 6) is 1.04. The van der Waals surface area contributed by atoms with Gasteiger partial charge >= 0.3 is 0 Å². The number of methoxy groups -OCH3 is 1. The van der Waals surface area contributed by atoms with E-state index in [9.17, 15) is 4.79 Å². The van der Waals surface area contributed by atoms with Crippen molar-refractivity contribution in [2.75, 3.05) is 20.7 Å². The lowest BCUT2D eigenvalue weighted by Gasteiger charge is -2.26. The topological polar surface area (TPSA) is 41.6 Å². The van der Waals surface area contributed by atoms with Crippen molar-refractivity contribution in [1.29, 1.82) is 0 Å². The smallest absolute Gasteiger partial charge is 0.224 e. The van der Waals surface area contributed by atoms with Gasteiger partial charge in [-0.05, 0) is 44.0 Å². The summed E-state index contributed by atoms with van der Waals surface area (Å²) in [4.78, 5) is 14.1. The average molecular weight is 276 g/mol. The molecule has 0 saturated carbocycles. The van der Waals surface area contributed by atoms with Crippen LogP contribution >= 0.6 is 0 Å². The van der Waals surface area contributed by atoms with Crippen LogP contribution in [0.15, 0.2) is 24.3 Å². The van der Waals surface area contributed by atoms with E-state index in [4.69, 9.17) is 4.74 Å². The molecular formula is C16H24N2O2. The molecule has 2 atom stereocenters. The largest absolute Gasteiger partial charge is 0.497 e. The highest BCUT2D eigenvalue weighted by atomic mass is 16.5. The van der Waals surface area contributed by atoms with Crippen LogP contribution in [0.25, 0.3) is 0 Å². The van der Waals surface area contributed by atoms with E-state index in [1.54, 1.807) is 7.11 Å². The molecule has 1 aromatic carbocycles. The van der Waals surface area contributed by atoms with Gasteiger partial charge in [0.25, 0.3) is 0 Å². The van der Waals surface area contributed by atoms with Gasteiger partial charge in [-0.2, -0.15) is 0 Å². The first-order valence-corrected chi connectivity index (χ1v) is 7.25. The second-order valence-electron chi connectivity index (χ2n) is 5.45. The Kier molecular flexibility index (Phi) is 5.01. The van der Waals surface area contributed by atoms with Crippen molar-refractivity contribution in [3.05, 3.63) is 29.8 Å². The zero-order valence-corrected chi connectivity index (χ0v) is 12.6. The third-order valence-corrected chi connectivity index (χ3v) is 4.16. The predicted molar refractivity (Wildman–Crippen MR) is 79.8 cm³/mol. The summed E-state index contributed by atoms with van der Waals surface area (Å²) in [6, 6.07) is 8.33. The van der Waals surface area contributed by atoms with E-state index in [0.29, 0.717) is 12.5 Å². The van der Waals surface area contributed by atoms with Crippen LogP contribution in [0, 0.1) is 0 Å². The number of carbonyl (C=O) groups excluding carboxylic acids is 1. The number of benzene rings is 1. The van der Waals surface area contributed by atoms with Gasteiger partial charge in [0.2, 0.25) is 5.91 Å². The van der Waals surface area contributed by atoms with E-state index in [-0.39, 0.29) is 11.9 Å². The molecule has 1 amide bonds. The molecule has 20 heavy (non-hydrogen) atoms. The first-order chi connectivity index (χ1) is 9.61. The SMILES string of the molecule is COc1ccc(C(C)N(C)C(=O)CC2CCCN2)cc1. The summed E-state index contributed by atoms with van der Waals surface area (Å²) >= 11 is 0. The fourth-order valence-corrected chi connectivity index (χ4v) is 2.61. The molecule has 0 spiro atoms. The zero-order valence-electron chi connectivity index (χ0n) is 12.6. The highest BCUT2D eigenvalue weighted by Gasteiger charge is 2.22. The molecule has 1 N–H and O–H groups in total. The maximum atomic E-state index is 12.3. The van der Waals surface area contributed by atoms with Gasteiger partial charge in [-0.3, -0.25) is 4.79 Å². The lowest BCUT2D eigenvalue weighted by Crippen LogP contribution is -2.34. The summed E-state index contributed by atoms with van der Waals surface area (Å²) < 4.78 is 5.16. The fraction of sp³-hybridized carbons (Fsp3) is 0.562. The number of rotatable bonds is 5. The fourth-order valence-electron chi connectivity index (χ4n) is 2.61. The Morgan fingerprint density at radius 3 is 2.70 bits per heavy atom. The molecule has 1 aliphatic heterocycles. The van der Waals surface area contributed by atoms with Crippen molar-refractivity contribution >= 4 is 5.91 Å². The van der Waals surface area contributed by atoms with Crippen molar-refractivity contribution in [2.45, 2.75) is 38.3 Å². The van der Waals surface area contributed by atoms with Gasteiger partial charge in [0, 0.05) is 19.5 Å². The quantitative estimate of drug-likeness (QED) is 0.897. The molecule has 0 bridgehead atoms. The second kappa shape index (κ2) is 6.75. The number of amides is 1. The molecule has 0 aromatic heterocycles. The van der Waals surface area contributed by atoms with Gasteiger partial charge in [0.15, 0.2) is 0 Å². The van der Waals surface area contributed by atoms with Gasteiger partial charge in [-0.1, -0.05) is 12.1 Å². The third kappa shape index (κ3) is 3.51. The molecular weight excluding hydrogens is 252 g/mol. The molecule has 0 aliphatic carbocycles. The average Bonchev–Trinajstić information content (AvgIpc) is 2.98. The maximum absolute atomic E-state index is 12.3. The van der Waals surface area contributed by atoms with E-state index in [1.165, 1.54) is 6.42 Å². The molecule has 1 aromatic rings. The van der Waals surface area contributed by atoms with Crippen LogP contribution < -0.4 is 10.1 Å². The molecule has 0 radical (unpaired) electrons. The van der Waals surface area contributed by atoms with Crippen LogP contribution in [0.2, 0.25) is 0 Å². The zero-order chi connectivity index (χ0) is 14.5. The van der Waals surface area contributed by atoms with Gasteiger partial charge in [-0.15, -0.1) is 0 Å². The van der Waals surface area contributed by atoms with E-state index in [2.05, 4.69) is 12.2 Å². The number of nitrogens with one attached hydrogen (secondary N) is 1. The van der Waals surface area contributed by atoms with Gasteiger partial charge in [0.05, 0.1) is 13.2 Å². The van der Waals surface area contributed by atoms with Gasteiger partial charge in [-0.25, -0.2) is 0 Å². The van der Waals surface area contributed by atoms with Crippen LogP contribution in [0.1, 0.15) is 37.8 Å². The van der Waals surface area contributed by atoms with Crippen molar-refractivity contribution in [3.8, 4) is 5.75 Å². The minimum absolute atomic E-state index is 0.0785. The Labute approximate surface area is 121 Å². The van der Waals surface area contributed by atoms with E-state index in [0.717, 1.165) is 24.3 Å². The molecule has 110 valence electrons. The summed E-state index contributed by atoms with van der Waals surface area (Å²) in [5, 5.41) is 3.37. The van der Waals surface area contributed by atoms with Crippen LogP contribution in [0.3, 0.4) is 0 Å². The number of ether oxygens (including phenoxy) is 1. The summed E-state index contributed by atoms with van der Waals surface area (Å²) in [5.41, 5.74) is 1.13. The van der Waals surface area contributed by atoms with Gasteiger partial charge < -0.3 is 15.0 Å². The third-order valence-electron chi connectivity index (χ3n) is 4.16. The number of nitrogens with zero attached hydrogens (tertiary/aromatic N) is 1. The summed E-state index contributed by atoms with van der Waals surface area (Å²) in [6.07, 6.45) is 2.88. The Hall–Kier alpha value is -1.55. The summed E-state index contributed by atoms with van der Waals surface area (Å²) in [6.45, 7) is 3.09. The van der Waals surface area contributed by atoms with Crippen LogP contribution in [0.4, 0.5) is 0 Å². The number of carbonyl (C=O) groups is 1. The predicted octanol–water partition coefficient (Wildman–Crippen LogP) is 2.36. The maximum Gasteiger partial charge on any atom is 0.224 e. The minimum Gasteiger partial charge on any atom is -0.497 e. The van der Waals surface area contributed by atoms with E-state index < -0.39 is 0 Å². The monoisotopic (exact) mass is 276 g/mol.